The van der Waals surface area contributed by atoms with E-state index < -0.39 is 0 Å². The molecule has 0 aliphatic heterocycles. The van der Waals surface area contributed by atoms with Crippen molar-refractivity contribution in [1.29, 1.82) is 0 Å². The van der Waals surface area contributed by atoms with E-state index in [0.717, 1.165) is 18.5 Å². The first-order chi connectivity index (χ1) is 5.34. The average molecular weight is 168 g/mol. The van der Waals surface area contributed by atoms with Gasteiger partial charge < -0.3 is 0 Å². The molecule has 1 aromatic heterocycles. The number of hydrogen-bond donors (Lipinski definition) is 1. The van der Waals surface area contributed by atoms with Gasteiger partial charge in [0, 0.05) is 23.8 Å². The van der Waals surface area contributed by atoms with Crippen molar-refractivity contribution < 1.29 is 0 Å². The Kier molecular flexibility index (Phi) is 3.36. The number of rotatable bonds is 3. The lowest BCUT2D eigenvalue weighted by atomic mass is 10.2. The summed E-state index contributed by atoms with van der Waals surface area (Å²) in [6.45, 7) is 2.14. The molecule has 0 saturated heterocycles. The van der Waals surface area contributed by atoms with Gasteiger partial charge in [0.05, 0.1) is 5.69 Å². The molecule has 0 bridgehead atoms. The molecular formula is C8H12N2S. The first-order valence-electron chi connectivity index (χ1n) is 3.78. The highest BCUT2D eigenvalue weighted by atomic mass is 32.1. The zero-order valence-electron chi connectivity index (χ0n) is 6.57. The van der Waals surface area contributed by atoms with Crippen LogP contribution in [0.3, 0.4) is 0 Å². The summed E-state index contributed by atoms with van der Waals surface area (Å²) in [5.41, 5.74) is 0.970. The van der Waals surface area contributed by atoms with Crippen LogP contribution < -0.4 is 0 Å². The second-order valence-corrected chi connectivity index (χ2v) is 3.06. The van der Waals surface area contributed by atoms with Crippen molar-refractivity contribution in [2.45, 2.75) is 25.0 Å². The van der Waals surface area contributed by atoms with Gasteiger partial charge in [0.25, 0.3) is 0 Å². The van der Waals surface area contributed by atoms with Crippen molar-refractivity contribution in [3.05, 3.63) is 24.3 Å². The van der Waals surface area contributed by atoms with Gasteiger partial charge in [-0.05, 0) is 6.42 Å². The molecule has 0 aliphatic rings. The van der Waals surface area contributed by atoms with E-state index in [1.54, 1.807) is 18.6 Å². The maximum atomic E-state index is 4.40. The molecule has 0 spiro atoms. The van der Waals surface area contributed by atoms with Crippen molar-refractivity contribution in [1.82, 2.24) is 9.97 Å². The smallest absolute Gasteiger partial charge is 0.0713 e. The summed E-state index contributed by atoms with van der Waals surface area (Å²) in [7, 11) is 0. The van der Waals surface area contributed by atoms with Crippen LogP contribution in [0.5, 0.6) is 0 Å². The summed E-state index contributed by atoms with van der Waals surface area (Å²) in [5.74, 6) is 0. The molecule has 0 aromatic carbocycles. The molecule has 1 unspecified atom stereocenters. The SMILES string of the molecule is CCCC(S)c1cnccn1. The van der Waals surface area contributed by atoms with Crippen LogP contribution in [0.25, 0.3) is 0 Å². The fourth-order valence-electron chi connectivity index (χ4n) is 0.904. The zero-order chi connectivity index (χ0) is 8.10. The monoisotopic (exact) mass is 168 g/mol. The lowest BCUT2D eigenvalue weighted by Crippen LogP contribution is -1.93. The maximum Gasteiger partial charge on any atom is 0.0713 e. The highest BCUT2D eigenvalue weighted by Gasteiger charge is 2.04. The average Bonchev–Trinajstić information content (AvgIpc) is 2.07. The maximum absolute atomic E-state index is 4.40. The van der Waals surface area contributed by atoms with Gasteiger partial charge in [-0.15, -0.1) is 0 Å². The van der Waals surface area contributed by atoms with Crippen LogP contribution in [0, 0.1) is 0 Å². The minimum atomic E-state index is 0.244. The van der Waals surface area contributed by atoms with Crippen LogP contribution >= 0.6 is 12.6 Å². The van der Waals surface area contributed by atoms with E-state index in [9.17, 15) is 0 Å². The normalized spacial score (nSPS) is 12.9. The van der Waals surface area contributed by atoms with Gasteiger partial charge in [-0.2, -0.15) is 12.6 Å². The zero-order valence-corrected chi connectivity index (χ0v) is 7.46. The Labute approximate surface area is 72.5 Å². The second-order valence-electron chi connectivity index (χ2n) is 2.43. The van der Waals surface area contributed by atoms with E-state index in [1.807, 2.05) is 0 Å². The first-order valence-corrected chi connectivity index (χ1v) is 4.30. The predicted molar refractivity (Wildman–Crippen MR) is 48.7 cm³/mol. The highest BCUT2D eigenvalue weighted by molar-refractivity contribution is 7.80. The van der Waals surface area contributed by atoms with Gasteiger partial charge in [-0.3, -0.25) is 9.97 Å². The summed E-state index contributed by atoms with van der Waals surface area (Å²) < 4.78 is 0. The van der Waals surface area contributed by atoms with Crippen molar-refractivity contribution in [3.8, 4) is 0 Å². The minimum Gasteiger partial charge on any atom is -0.261 e. The van der Waals surface area contributed by atoms with Gasteiger partial charge in [-0.25, -0.2) is 0 Å². The predicted octanol–water partition coefficient (Wildman–Crippen LogP) is 2.25. The molecule has 3 heteroatoms. The fourth-order valence-corrected chi connectivity index (χ4v) is 1.30. The Balaban J connectivity index is 2.61. The number of aromatic nitrogens is 2. The van der Waals surface area contributed by atoms with Crippen molar-refractivity contribution in [2.75, 3.05) is 0 Å². The minimum absolute atomic E-state index is 0.244. The molecule has 1 atom stereocenters. The largest absolute Gasteiger partial charge is 0.261 e. The fraction of sp³-hybridized carbons (Fsp3) is 0.500. The van der Waals surface area contributed by atoms with E-state index >= 15 is 0 Å². The van der Waals surface area contributed by atoms with Crippen LogP contribution in [-0.4, -0.2) is 9.97 Å². The lowest BCUT2D eigenvalue weighted by Gasteiger charge is -2.06. The molecule has 1 heterocycles. The number of nitrogens with zero attached hydrogens (tertiary/aromatic N) is 2. The molecule has 0 amide bonds. The molecular weight excluding hydrogens is 156 g/mol. The van der Waals surface area contributed by atoms with E-state index in [2.05, 4.69) is 29.5 Å². The van der Waals surface area contributed by atoms with Crippen molar-refractivity contribution in [3.63, 3.8) is 0 Å². The van der Waals surface area contributed by atoms with Gasteiger partial charge in [0.1, 0.15) is 0 Å². The summed E-state index contributed by atoms with van der Waals surface area (Å²) >= 11 is 4.40. The van der Waals surface area contributed by atoms with E-state index in [1.165, 1.54) is 0 Å². The molecule has 60 valence electrons. The summed E-state index contributed by atoms with van der Waals surface area (Å²) in [6, 6.07) is 0. The van der Waals surface area contributed by atoms with Gasteiger partial charge >= 0.3 is 0 Å². The molecule has 1 rings (SSSR count). The molecule has 0 saturated carbocycles. The third-order valence-electron chi connectivity index (χ3n) is 1.49. The van der Waals surface area contributed by atoms with Crippen LogP contribution in [0.15, 0.2) is 18.6 Å². The molecule has 1 aromatic rings. The molecule has 0 aliphatic carbocycles. The molecule has 0 radical (unpaired) electrons. The Bertz CT molecular complexity index is 201. The second kappa shape index (κ2) is 4.34. The van der Waals surface area contributed by atoms with Crippen LogP contribution in [-0.2, 0) is 0 Å². The van der Waals surface area contributed by atoms with Crippen molar-refractivity contribution >= 4 is 12.6 Å². The molecule has 2 nitrogen and oxygen atoms in total. The molecule has 0 fully saturated rings. The third-order valence-corrected chi connectivity index (χ3v) is 2.01. The highest BCUT2D eigenvalue weighted by Crippen LogP contribution is 2.21. The van der Waals surface area contributed by atoms with Crippen molar-refractivity contribution in [2.24, 2.45) is 0 Å². The Morgan fingerprint density at radius 3 is 2.91 bits per heavy atom. The Morgan fingerprint density at radius 1 is 1.55 bits per heavy atom. The number of thiol groups is 1. The Hall–Kier alpha value is -0.570. The summed E-state index contributed by atoms with van der Waals surface area (Å²) in [6.07, 6.45) is 7.34. The first kappa shape index (κ1) is 8.53. The molecule has 11 heavy (non-hydrogen) atoms. The topological polar surface area (TPSA) is 25.8 Å². The number of hydrogen-bond acceptors (Lipinski definition) is 3. The molecule has 0 N–H and O–H groups in total. The van der Waals surface area contributed by atoms with E-state index in [-0.39, 0.29) is 5.25 Å². The van der Waals surface area contributed by atoms with Gasteiger partial charge in [0.2, 0.25) is 0 Å². The lowest BCUT2D eigenvalue weighted by molar-refractivity contribution is 0.759. The van der Waals surface area contributed by atoms with E-state index in [0.29, 0.717) is 0 Å². The third kappa shape index (κ3) is 2.50. The van der Waals surface area contributed by atoms with Crippen LogP contribution in [0.2, 0.25) is 0 Å². The van der Waals surface area contributed by atoms with Gasteiger partial charge in [-0.1, -0.05) is 13.3 Å². The van der Waals surface area contributed by atoms with Crippen LogP contribution in [0.4, 0.5) is 0 Å². The summed E-state index contributed by atoms with van der Waals surface area (Å²) in [5, 5.41) is 0.244. The quantitative estimate of drug-likeness (QED) is 0.700. The standard InChI is InChI=1S/C8H12N2S/c1-2-3-8(11)7-6-9-4-5-10-7/h4-6,8,11H,2-3H2,1H3. The van der Waals surface area contributed by atoms with Crippen LogP contribution in [0.1, 0.15) is 30.7 Å². The van der Waals surface area contributed by atoms with E-state index in [4.69, 9.17) is 0 Å². The Morgan fingerprint density at radius 2 is 2.36 bits per heavy atom. The summed E-state index contributed by atoms with van der Waals surface area (Å²) in [4.78, 5) is 8.13. The van der Waals surface area contributed by atoms with Gasteiger partial charge in [0.15, 0.2) is 0 Å².